The topological polar surface area (TPSA) is 54.7 Å². The van der Waals surface area contributed by atoms with Crippen molar-refractivity contribution < 1.29 is 13.9 Å². The van der Waals surface area contributed by atoms with Crippen LogP contribution in [-0.4, -0.2) is 36.6 Å². The number of carbonyl (C=O) groups is 1. The summed E-state index contributed by atoms with van der Waals surface area (Å²) in [7, 11) is 0. The molecule has 0 unspecified atom stereocenters. The van der Waals surface area contributed by atoms with Crippen LogP contribution in [0, 0.1) is 0 Å². The fourth-order valence-electron chi connectivity index (χ4n) is 3.66. The van der Waals surface area contributed by atoms with E-state index in [9.17, 15) is 4.79 Å². The van der Waals surface area contributed by atoms with Gasteiger partial charge in [-0.25, -0.2) is 0 Å². The van der Waals surface area contributed by atoms with E-state index in [-0.39, 0.29) is 18.1 Å². The fraction of sp³-hybridized carbons (Fsp3) is 0.409. The maximum atomic E-state index is 12.7. The van der Waals surface area contributed by atoms with E-state index in [0.29, 0.717) is 6.54 Å². The molecule has 1 amide bonds. The number of thiophene rings is 1. The van der Waals surface area contributed by atoms with Crippen molar-refractivity contribution in [3.63, 3.8) is 0 Å². The van der Waals surface area contributed by atoms with Gasteiger partial charge in [0.15, 0.2) is 0 Å². The van der Waals surface area contributed by atoms with Crippen molar-refractivity contribution in [3.05, 3.63) is 58.5 Å². The molecule has 3 aromatic rings. The highest BCUT2D eigenvalue weighted by atomic mass is 32.1. The van der Waals surface area contributed by atoms with Crippen molar-refractivity contribution in [2.45, 2.75) is 38.5 Å². The number of para-hydroxylation sites is 1. The molecule has 1 N–H and O–H groups in total. The van der Waals surface area contributed by atoms with Gasteiger partial charge in [0.25, 0.3) is 0 Å². The molecule has 0 aliphatic carbocycles. The monoisotopic (exact) mass is 398 g/mol. The summed E-state index contributed by atoms with van der Waals surface area (Å²) >= 11 is 1.72. The van der Waals surface area contributed by atoms with E-state index in [2.05, 4.69) is 21.7 Å². The highest BCUT2D eigenvalue weighted by molar-refractivity contribution is 7.09. The summed E-state index contributed by atoms with van der Waals surface area (Å²) in [4.78, 5) is 16.2. The summed E-state index contributed by atoms with van der Waals surface area (Å²) in [5.41, 5.74) is 0.844. The summed E-state index contributed by atoms with van der Waals surface area (Å²) in [5, 5.41) is 6.21. The average Bonchev–Trinajstić information content (AvgIpc) is 3.43. The molecular formula is C22H26N2O3S. The molecule has 0 saturated carbocycles. The summed E-state index contributed by atoms with van der Waals surface area (Å²) in [6.07, 6.45) is 2.39. The number of rotatable bonds is 8. The lowest BCUT2D eigenvalue weighted by atomic mass is 10.2. The van der Waals surface area contributed by atoms with Gasteiger partial charge in [-0.05, 0) is 43.3 Å². The van der Waals surface area contributed by atoms with Crippen molar-refractivity contribution in [1.29, 1.82) is 0 Å². The normalized spacial score (nSPS) is 18.0. The van der Waals surface area contributed by atoms with Gasteiger partial charge in [0.1, 0.15) is 11.3 Å². The number of ether oxygens (including phenoxy) is 1. The second-order valence-corrected chi connectivity index (χ2v) is 8.39. The quantitative estimate of drug-likeness (QED) is 0.613. The zero-order valence-electron chi connectivity index (χ0n) is 16.1. The summed E-state index contributed by atoms with van der Waals surface area (Å²) in [6, 6.07) is 13.9. The lowest BCUT2D eigenvalue weighted by Gasteiger charge is -2.24. The van der Waals surface area contributed by atoms with E-state index in [1.807, 2.05) is 43.3 Å². The van der Waals surface area contributed by atoms with Gasteiger partial charge < -0.3 is 14.5 Å². The molecule has 1 aromatic carbocycles. The minimum Gasteiger partial charge on any atom is -0.459 e. The van der Waals surface area contributed by atoms with Crippen LogP contribution in [0.1, 0.15) is 36.4 Å². The molecule has 5 nitrogen and oxygen atoms in total. The highest BCUT2D eigenvalue weighted by Crippen LogP contribution is 2.23. The van der Waals surface area contributed by atoms with Crippen molar-refractivity contribution in [2.24, 2.45) is 0 Å². The number of hydrogen-bond acceptors (Lipinski definition) is 5. The molecule has 2 aromatic heterocycles. The zero-order chi connectivity index (χ0) is 19.3. The Morgan fingerprint density at radius 1 is 1.32 bits per heavy atom. The second-order valence-electron chi connectivity index (χ2n) is 7.36. The largest absolute Gasteiger partial charge is 0.459 e. The number of furan rings is 1. The second kappa shape index (κ2) is 8.90. The van der Waals surface area contributed by atoms with Crippen LogP contribution in [0.25, 0.3) is 11.0 Å². The van der Waals surface area contributed by atoms with Gasteiger partial charge in [-0.15, -0.1) is 11.3 Å². The number of carbonyl (C=O) groups excluding carboxylic acids is 1. The van der Waals surface area contributed by atoms with Gasteiger partial charge in [0.05, 0.1) is 18.7 Å². The predicted molar refractivity (Wildman–Crippen MR) is 111 cm³/mol. The minimum absolute atomic E-state index is 0.00232. The van der Waals surface area contributed by atoms with Crippen LogP contribution in [0.15, 0.2) is 52.3 Å². The van der Waals surface area contributed by atoms with Gasteiger partial charge in [0, 0.05) is 30.0 Å². The lowest BCUT2D eigenvalue weighted by Crippen LogP contribution is -2.41. The molecule has 0 spiro atoms. The molecule has 0 bridgehead atoms. The fourth-order valence-corrected chi connectivity index (χ4v) is 4.41. The molecule has 1 saturated heterocycles. The maximum absolute atomic E-state index is 12.7. The van der Waals surface area contributed by atoms with Gasteiger partial charge in [-0.1, -0.05) is 24.3 Å². The number of nitrogens with zero attached hydrogens (tertiary/aromatic N) is 1. The summed E-state index contributed by atoms with van der Waals surface area (Å²) < 4.78 is 11.7. The molecule has 6 heteroatoms. The Kier molecular flexibility index (Phi) is 6.10. The highest BCUT2D eigenvalue weighted by Gasteiger charge is 2.22. The zero-order valence-corrected chi connectivity index (χ0v) is 16.9. The summed E-state index contributed by atoms with van der Waals surface area (Å²) in [6.45, 7) is 4.68. The van der Waals surface area contributed by atoms with Crippen molar-refractivity contribution >= 4 is 28.2 Å². The molecule has 1 aliphatic rings. The molecule has 1 fully saturated rings. The van der Waals surface area contributed by atoms with Gasteiger partial charge in [-0.3, -0.25) is 9.69 Å². The van der Waals surface area contributed by atoms with Crippen molar-refractivity contribution in [3.8, 4) is 0 Å². The Morgan fingerprint density at radius 3 is 2.96 bits per heavy atom. The lowest BCUT2D eigenvalue weighted by molar-refractivity contribution is -0.123. The van der Waals surface area contributed by atoms with Crippen LogP contribution >= 0.6 is 11.3 Å². The third-order valence-electron chi connectivity index (χ3n) is 5.06. The molecule has 3 heterocycles. The van der Waals surface area contributed by atoms with E-state index in [1.165, 1.54) is 4.88 Å². The Bertz CT molecular complexity index is 867. The first-order valence-corrected chi connectivity index (χ1v) is 10.7. The van der Waals surface area contributed by atoms with Crippen LogP contribution in [0.2, 0.25) is 0 Å². The average molecular weight is 399 g/mol. The predicted octanol–water partition coefficient (Wildman–Crippen LogP) is 4.35. The molecule has 2 atom stereocenters. The van der Waals surface area contributed by atoms with Crippen LogP contribution < -0.4 is 5.32 Å². The van der Waals surface area contributed by atoms with E-state index in [0.717, 1.165) is 49.3 Å². The van der Waals surface area contributed by atoms with E-state index >= 15 is 0 Å². The van der Waals surface area contributed by atoms with Gasteiger partial charge in [-0.2, -0.15) is 0 Å². The van der Waals surface area contributed by atoms with Gasteiger partial charge in [0.2, 0.25) is 5.91 Å². The first kappa shape index (κ1) is 19.2. The van der Waals surface area contributed by atoms with E-state index in [1.54, 1.807) is 11.3 Å². The molecule has 4 rings (SSSR count). The maximum Gasteiger partial charge on any atom is 0.234 e. The number of hydrogen-bond donors (Lipinski definition) is 1. The smallest absolute Gasteiger partial charge is 0.234 e. The Morgan fingerprint density at radius 2 is 2.21 bits per heavy atom. The Labute approximate surface area is 169 Å². The summed E-state index contributed by atoms with van der Waals surface area (Å²) in [5.74, 6) is 0.779. The van der Waals surface area contributed by atoms with Crippen LogP contribution in [0.5, 0.6) is 0 Å². The standard InChI is InChI=1S/C22H26N2O3S/c1-16(21-12-17-6-2-3-9-20(17)27-21)23-22(25)15-24(13-18-7-4-10-26-18)14-19-8-5-11-28-19/h2-3,5-6,8-9,11-12,16,18H,4,7,10,13-15H2,1H3,(H,23,25)/t16-,18+/m1/s1. The van der Waals surface area contributed by atoms with Gasteiger partial charge >= 0.3 is 0 Å². The molecule has 28 heavy (non-hydrogen) atoms. The van der Waals surface area contributed by atoms with Crippen molar-refractivity contribution in [2.75, 3.05) is 19.7 Å². The number of benzene rings is 1. The van der Waals surface area contributed by atoms with E-state index < -0.39 is 0 Å². The first-order valence-electron chi connectivity index (χ1n) is 9.81. The third kappa shape index (κ3) is 4.82. The van der Waals surface area contributed by atoms with Crippen LogP contribution in [0.4, 0.5) is 0 Å². The van der Waals surface area contributed by atoms with E-state index in [4.69, 9.17) is 9.15 Å². The molecular weight excluding hydrogens is 372 g/mol. The molecule has 148 valence electrons. The SMILES string of the molecule is C[C@@H](NC(=O)CN(Cc1cccs1)C[C@@H]1CCCO1)c1cc2ccccc2o1. The molecule has 1 aliphatic heterocycles. The number of fused-ring (bicyclic) bond motifs is 1. The Hall–Kier alpha value is -2.15. The first-order chi connectivity index (χ1) is 13.7. The number of nitrogens with one attached hydrogen (secondary N) is 1. The molecule has 0 radical (unpaired) electrons. The van der Waals surface area contributed by atoms with Crippen molar-refractivity contribution in [1.82, 2.24) is 10.2 Å². The minimum atomic E-state index is -0.175. The number of amides is 1. The van der Waals surface area contributed by atoms with Crippen LogP contribution in [-0.2, 0) is 16.1 Å². The van der Waals surface area contributed by atoms with Crippen LogP contribution in [0.3, 0.4) is 0 Å². The third-order valence-corrected chi connectivity index (χ3v) is 5.92. The Balaban J connectivity index is 1.38.